The molecular formula is C26H23BClN3O. The topological polar surface area (TPSA) is 29.2 Å². The SMILES string of the molecule is CN(C)c1ccc(C2=Cc3cc(Cl)nc[n+]3[B-](c3ccccc3)(c3ccccc3)O2)cc1. The third-order valence-electron chi connectivity index (χ3n) is 6.01. The average Bonchev–Trinajstić information content (AvgIpc) is 2.84. The Morgan fingerprint density at radius 2 is 1.44 bits per heavy atom. The molecule has 6 heteroatoms. The molecule has 0 aliphatic carbocycles. The fourth-order valence-electron chi connectivity index (χ4n) is 4.40. The molecule has 4 aromatic rings. The molecule has 3 aromatic carbocycles. The number of halogens is 1. The summed E-state index contributed by atoms with van der Waals surface area (Å²) in [6, 6.07) is 30.9. The zero-order valence-electron chi connectivity index (χ0n) is 18.0. The van der Waals surface area contributed by atoms with Crippen molar-refractivity contribution in [3.63, 3.8) is 0 Å². The highest BCUT2D eigenvalue weighted by Gasteiger charge is 2.44. The predicted octanol–water partition coefficient (Wildman–Crippen LogP) is 3.72. The zero-order valence-corrected chi connectivity index (χ0v) is 18.8. The standard InChI is InChI=1S/C26H23BClN3O/c1-30(2)23-15-13-20(14-16-23)25-17-24-18-26(28)29-19-31(24)27(32-25,21-9-5-3-6-10-21)22-11-7-4-8-12-22/h3-19H,1-2H3. The molecule has 0 bridgehead atoms. The molecule has 2 heterocycles. The number of hydrogen-bond acceptors (Lipinski definition) is 3. The molecule has 0 spiro atoms. The highest BCUT2D eigenvalue weighted by atomic mass is 35.5. The molecule has 32 heavy (non-hydrogen) atoms. The first-order chi connectivity index (χ1) is 15.6. The summed E-state index contributed by atoms with van der Waals surface area (Å²) in [6.45, 7) is -1.84. The summed E-state index contributed by atoms with van der Waals surface area (Å²) in [5.74, 6) is 0.797. The molecule has 4 nitrogen and oxygen atoms in total. The molecule has 0 amide bonds. The molecule has 5 rings (SSSR count). The molecule has 0 unspecified atom stereocenters. The Labute approximate surface area is 193 Å². The van der Waals surface area contributed by atoms with Crippen LogP contribution in [0, 0.1) is 0 Å². The van der Waals surface area contributed by atoms with Crippen LogP contribution in [0.15, 0.2) is 97.3 Å². The van der Waals surface area contributed by atoms with Crippen LogP contribution in [0.2, 0.25) is 5.15 Å². The van der Waals surface area contributed by atoms with Crippen molar-refractivity contribution in [3.8, 4) is 0 Å². The van der Waals surface area contributed by atoms with Gasteiger partial charge < -0.3 is 14.0 Å². The Bertz CT molecular complexity index is 1240. The van der Waals surface area contributed by atoms with Crippen molar-refractivity contribution in [3.05, 3.63) is 114 Å². The van der Waals surface area contributed by atoms with Gasteiger partial charge in [0.25, 0.3) is 0 Å². The summed E-state index contributed by atoms with van der Waals surface area (Å²) in [5.41, 5.74) is 5.20. The van der Waals surface area contributed by atoms with Crippen LogP contribution in [0.4, 0.5) is 5.69 Å². The van der Waals surface area contributed by atoms with E-state index >= 15 is 0 Å². The van der Waals surface area contributed by atoms with Gasteiger partial charge in [-0.25, -0.2) is 0 Å². The van der Waals surface area contributed by atoms with E-state index in [2.05, 4.69) is 62.9 Å². The van der Waals surface area contributed by atoms with Crippen molar-refractivity contribution in [2.24, 2.45) is 0 Å². The van der Waals surface area contributed by atoms with Gasteiger partial charge in [0.15, 0.2) is 0 Å². The minimum Gasteiger partial charge on any atom is -0.671 e. The Kier molecular flexibility index (Phi) is 5.20. The lowest BCUT2D eigenvalue weighted by molar-refractivity contribution is -0.561. The van der Waals surface area contributed by atoms with Crippen molar-refractivity contribution in [1.29, 1.82) is 0 Å². The van der Waals surface area contributed by atoms with Gasteiger partial charge in [-0.2, -0.15) is 0 Å². The number of benzene rings is 3. The quantitative estimate of drug-likeness (QED) is 0.358. The first-order valence-electron chi connectivity index (χ1n) is 10.6. The first kappa shape index (κ1) is 20.3. The van der Waals surface area contributed by atoms with E-state index in [0.717, 1.165) is 33.6 Å². The monoisotopic (exact) mass is 439 g/mol. The van der Waals surface area contributed by atoms with Crippen LogP contribution in [0.5, 0.6) is 0 Å². The lowest BCUT2D eigenvalue weighted by Gasteiger charge is -2.44. The van der Waals surface area contributed by atoms with Gasteiger partial charge in [0.1, 0.15) is 0 Å². The highest BCUT2D eigenvalue weighted by Crippen LogP contribution is 2.28. The molecule has 0 atom stereocenters. The fourth-order valence-corrected chi connectivity index (χ4v) is 4.55. The Morgan fingerprint density at radius 3 is 2.00 bits per heavy atom. The molecular weight excluding hydrogens is 417 g/mol. The number of nitrogens with zero attached hydrogens (tertiary/aromatic N) is 3. The molecule has 0 saturated carbocycles. The molecule has 0 radical (unpaired) electrons. The summed E-state index contributed by atoms with van der Waals surface area (Å²) in [4.78, 5) is 6.48. The third kappa shape index (κ3) is 3.45. The first-order valence-corrected chi connectivity index (χ1v) is 11.0. The Morgan fingerprint density at radius 1 is 0.844 bits per heavy atom. The molecule has 0 fully saturated rings. The van der Waals surface area contributed by atoms with Crippen LogP contribution < -0.4 is 20.3 Å². The number of fused-ring (bicyclic) bond motifs is 1. The van der Waals surface area contributed by atoms with Gasteiger partial charge in [-0.3, -0.25) is 0 Å². The van der Waals surface area contributed by atoms with E-state index in [0.29, 0.717) is 5.15 Å². The van der Waals surface area contributed by atoms with Gasteiger partial charge in [0.05, 0.1) is 11.5 Å². The van der Waals surface area contributed by atoms with Crippen LogP contribution in [0.25, 0.3) is 11.8 Å². The maximum absolute atomic E-state index is 6.99. The second kappa shape index (κ2) is 8.17. The second-order valence-corrected chi connectivity index (χ2v) is 8.56. The van der Waals surface area contributed by atoms with E-state index in [9.17, 15) is 0 Å². The third-order valence-corrected chi connectivity index (χ3v) is 6.22. The van der Waals surface area contributed by atoms with Gasteiger partial charge in [-0.1, -0.05) is 60.7 Å². The normalized spacial score (nSPS) is 14.2. The zero-order chi connectivity index (χ0) is 22.1. The smallest absolute Gasteiger partial charge is 0.423 e. The van der Waals surface area contributed by atoms with Crippen molar-refractivity contribution in [2.75, 3.05) is 19.0 Å². The van der Waals surface area contributed by atoms with Crippen molar-refractivity contribution in [1.82, 2.24) is 4.98 Å². The fraction of sp³-hybridized carbons (Fsp3) is 0.0769. The predicted molar refractivity (Wildman–Crippen MR) is 132 cm³/mol. The van der Waals surface area contributed by atoms with E-state index in [1.165, 1.54) is 0 Å². The summed E-state index contributed by atoms with van der Waals surface area (Å²) >= 11 is 6.32. The van der Waals surface area contributed by atoms with Crippen molar-refractivity contribution < 1.29 is 9.13 Å². The molecule has 0 saturated heterocycles. The van der Waals surface area contributed by atoms with E-state index in [-0.39, 0.29) is 0 Å². The lowest BCUT2D eigenvalue weighted by Crippen LogP contribution is -2.81. The minimum absolute atomic E-state index is 0.447. The van der Waals surface area contributed by atoms with Gasteiger partial charge >= 0.3 is 6.48 Å². The second-order valence-electron chi connectivity index (χ2n) is 8.18. The van der Waals surface area contributed by atoms with Crippen LogP contribution in [0.1, 0.15) is 11.3 Å². The molecule has 1 aliphatic rings. The number of anilines is 1. The molecule has 1 aromatic heterocycles. The van der Waals surface area contributed by atoms with Crippen molar-refractivity contribution >= 4 is 46.5 Å². The lowest BCUT2D eigenvalue weighted by atomic mass is 9.40. The van der Waals surface area contributed by atoms with E-state index in [1.54, 1.807) is 6.33 Å². The minimum atomic E-state index is -1.84. The van der Waals surface area contributed by atoms with Crippen LogP contribution >= 0.6 is 11.6 Å². The van der Waals surface area contributed by atoms with Crippen molar-refractivity contribution in [2.45, 2.75) is 0 Å². The maximum Gasteiger partial charge on any atom is 0.423 e. The molecule has 0 N–H and O–H groups in total. The number of hydrogen-bond donors (Lipinski definition) is 0. The molecule has 158 valence electrons. The van der Waals surface area contributed by atoms with Crippen LogP contribution in [0.3, 0.4) is 0 Å². The van der Waals surface area contributed by atoms with Gasteiger partial charge in [0, 0.05) is 37.5 Å². The average molecular weight is 440 g/mol. The van der Waals surface area contributed by atoms with E-state index in [4.69, 9.17) is 16.3 Å². The summed E-state index contributed by atoms with van der Waals surface area (Å²) in [6.07, 6.45) is 3.81. The number of rotatable bonds is 4. The largest absolute Gasteiger partial charge is 0.671 e. The Hall–Kier alpha value is -3.57. The van der Waals surface area contributed by atoms with E-state index in [1.807, 2.05) is 62.6 Å². The summed E-state index contributed by atoms with van der Waals surface area (Å²) in [5, 5.41) is 0.447. The summed E-state index contributed by atoms with van der Waals surface area (Å²) in [7, 11) is 4.07. The maximum atomic E-state index is 6.99. The van der Waals surface area contributed by atoms with Crippen LogP contribution in [-0.4, -0.2) is 25.6 Å². The Balaban J connectivity index is 1.77. The number of aromatic nitrogens is 2. The van der Waals surface area contributed by atoms with Gasteiger partial charge in [-0.05, 0) is 40.9 Å². The van der Waals surface area contributed by atoms with Gasteiger partial charge in [-0.15, -0.1) is 10.9 Å². The van der Waals surface area contributed by atoms with Gasteiger partial charge in [0.2, 0.25) is 11.5 Å². The highest BCUT2D eigenvalue weighted by molar-refractivity contribution is 6.91. The summed E-state index contributed by atoms with van der Waals surface area (Å²) < 4.78 is 9.09. The molecule has 1 aliphatic heterocycles. The van der Waals surface area contributed by atoms with Crippen LogP contribution in [-0.2, 0) is 4.65 Å². The van der Waals surface area contributed by atoms with E-state index < -0.39 is 6.48 Å².